The number of anilines is 2. The fraction of sp³-hybridized carbons (Fsp3) is 0.516. The largest absolute Gasteiger partial charge is 0.368 e. The molecule has 2 aromatic heterocycles. The Kier molecular flexibility index (Phi) is 5.72. The number of aromatic nitrogens is 2. The van der Waals surface area contributed by atoms with Crippen molar-refractivity contribution >= 4 is 22.4 Å². The van der Waals surface area contributed by atoms with Crippen molar-refractivity contribution in [1.29, 1.82) is 5.26 Å². The molecule has 4 saturated heterocycles. The Labute approximate surface area is 232 Å². The van der Waals surface area contributed by atoms with Gasteiger partial charge in [-0.3, -0.25) is 14.8 Å². The second-order valence-electron chi connectivity index (χ2n) is 12.4. The molecule has 4 aliphatic rings. The second kappa shape index (κ2) is 9.44. The highest BCUT2D eigenvalue weighted by molar-refractivity contribution is 5.95. The van der Waals surface area contributed by atoms with Gasteiger partial charge in [0.25, 0.3) is 0 Å². The van der Waals surface area contributed by atoms with Crippen LogP contribution in [0.5, 0.6) is 0 Å². The lowest BCUT2D eigenvalue weighted by Crippen LogP contribution is -2.71. The number of nitrogens with zero attached hydrogens (tertiary/aromatic N) is 8. The van der Waals surface area contributed by atoms with Crippen molar-refractivity contribution in [3.8, 4) is 6.07 Å². The second-order valence-corrected chi connectivity index (χ2v) is 12.4. The van der Waals surface area contributed by atoms with E-state index in [2.05, 4.69) is 74.6 Å². The van der Waals surface area contributed by atoms with E-state index < -0.39 is 0 Å². The van der Waals surface area contributed by atoms with Crippen molar-refractivity contribution in [2.45, 2.75) is 32.5 Å². The zero-order valence-corrected chi connectivity index (χ0v) is 23.3. The van der Waals surface area contributed by atoms with Crippen molar-refractivity contribution in [1.82, 2.24) is 24.7 Å². The summed E-state index contributed by atoms with van der Waals surface area (Å²) >= 11 is 0. The number of piperazine rings is 2. The Morgan fingerprint density at radius 1 is 1.05 bits per heavy atom. The van der Waals surface area contributed by atoms with Crippen molar-refractivity contribution in [3.05, 3.63) is 59.4 Å². The van der Waals surface area contributed by atoms with Crippen molar-refractivity contribution in [2.75, 3.05) is 75.8 Å². The third-order valence-corrected chi connectivity index (χ3v) is 9.41. The molecule has 4 fully saturated rings. The van der Waals surface area contributed by atoms with E-state index in [0.29, 0.717) is 28.6 Å². The molecule has 8 nitrogen and oxygen atoms in total. The lowest BCUT2D eigenvalue weighted by atomic mass is 9.73. The number of pyridine rings is 2. The Bertz CT molecular complexity index is 1490. The van der Waals surface area contributed by atoms with E-state index in [-0.39, 0.29) is 6.17 Å². The molecule has 0 bridgehead atoms. The number of fused-ring (bicyclic) bond motifs is 2. The molecule has 7 rings (SSSR count). The van der Waals surface area contributed by atoms with Crippen LogP contribution in [0.25, 0.3) is 10.9 Å². The number of rotatable bonds is 4. The lowest BCUT2D eigenvalue weighted by molar-refractivity contribution is -0.00281. The first kappa shape index (κ1) is 23.6. The topological polar surface area (TPSA) is 65.8 Å². The van der Waals surface area contributed by atoms with Gasteiger partial charge in [-0.2, -0.15) is 5.26 Å². The highest BCUT2D eigenvalue weighted by Crippen LogP contribution is 2.40. The van der Waals surface area contributed by atoms with Crippen LogP contribution in [0, 0.1) is 23.7 Å². The van der Waals surface area contributed by atoms with Gasteiger partial charge in [0.1, 0.15) is 11.9 Å². The van der Waals surface area contributed by atoms with Gasteiger partial charge in [-0.15, -0.1) is 0 Å². The third kappa shape index (κ3) is 4.33. The van der Waals surface area contributed by atoms with Crippen LogP contribution in [-0.2, 0) is 6.54 Å². The SMILES string of the molecule is [2H]c1ccc2c(N3C[C@@H]4CN(Cc5ccc(N6CC7(CN(C)C7)C6)nc5C)CCN4[C@H](C)C3)ccc(C#N)c2n1. The van der Waals surface area contributed by atoms with Crippen molar-refractivity contribution in [3.63, 3.8) is 0 Å². The van der Waals surface area contributed by atoms with Gasteiger partial charge in [0.05, 0.1) is 12.5 Å². The van der Waals surface area contributed by atoms with E-state index in [1.807, 2.05) is 12.1 Å². The molecule has 202 valence electrons. The molecule has 0 N–H and O–H groups in total. The minimum atomic E-state index is 0.195. The molecule has 0 amide bonds. The maximum atomic E-state index is 9.61. The first-order chi connectivity index (χ1) is 19.3. The zero-order valence-electron chi connectivity index (χ0n) is 24.3. The van der Waals surface area contributed by atoms with Crippen molar-refractivity contribution < 1.29 is 1.37 Å². The summed E-state index contributed by atoms with van der Waals surface area (Å²) in [5, 5.41) is 10.6. The van der Waals surface area contributed by atoms with Crippen LogP contribution in [0.15, 0.2) is 42.6 Å². The molecule has 2 atom stereocenters. The maximum absolute atomic E-state index is 9.61. The van der Waals surface area contributed by atoms with E-state index in [1.54, 1.807) is 6.07 Å². The molecule has 8 heteroatoms. The minimum absolute atomic E-state index is 0.195. The average Bonchev–Trinajstić information content (AvgIpc) is 2.90. The molecular weight excluding hydrogens is 484 g/mol. The molecule has 0 radical (unpaired) electrons. The molecule has 0 unspecified atom stereocenters. The monoisotopic (exact) mass is 523 g/mol. The molecular formula is C31H38N8. The van der Waals surface area contributed by atoms with Gasteiger partial charge in [-0.1, -0.05) is 6.07 Å². The molecule has 1 aromatic carbocycles. The number of nitriles is 1. The molecule has 39 heavy (non-hydrogen) atoms. The number of benzene rings is 1. The Balaban J connectivity index is 1.04. The summed E-state index contributed by atoms with van der Waals surface area (Å²) in [6, 6.07) is 15.2. The molecule has 3 aromatic rings. The van der Waals surface area contributed by atoms with Gasteiger partial charge >= 0.3 is 0 Å². The molecule has 1 spiro atoms. The highest BCUT2D eigenvalue weighted by atomic mass is 15.4. The number of hydrogen-bond acceptors (Lipinski definition) is 8. The number of likely N-dealkylation sites (tertiary alicyclic amines) is 1. The quantitative estimate of drug-likeness (QED) is 0.517. The van der Waals surface area contributed by atoms with E-state index in [0.717, 1.165) is 74.9 Å². The van der Waals surface area contributed by atoms with Gasteiger partial charge in [0.2, 0.25) is 0 Å². The number of hydrogen-bond donors (Lipinski definition) is 0. The Morgan fingerprint density at radius 2 is 1.90 bits per heavy atom. The van der Waals surface area contributed by atoms with Crippen LogP contribution in [0.4, 0.5) is 11.5 Å². The van der Waals surface area contributed by atoms with Crippen LogP contribution in [0.3, 0.4) is 0 Å². The molecule has 4 aliphatic heterocycles. The smallest absolute Gasteiger partial charge is 0.128 e. The van der Waals surface area contributed by atoms with Crippen LogP contribution >= 0.6 is 0 Å². The maximum Gasteiger partial charge on any atom is 0.128 e. The fourth-order valence-corrected chi connectivity index (χ4v) is 7.63. The summed E-state index contributed by atoms with van der Waals surface area (Å²) in [5.41, 5.74) is 5.26. The van der Waals surface area contributed by atoms with E-state index in [4.69, 9.17) is 6.35 Å². The van der Waals surface area contributed by atoms with E-state index >= 15 is 0 Å². The Hall–Kier alpha value is -3.25. The highest BCUT2D eigenvalue weighted by Gasteiger charge is 2.50. The van der Waals surface area contributed by atoms with E-state index in [9.17, 15) is 5.26 Å². The van der Waals surface area contributed by atoms with Gasteiger partial charge in [0.15, 0.2) is 0 Å². The fourth-order valence-electron chi connectivity index (χ4n) is 7.63. The molecule has 0 aliphatic carbocycles. The van der Waals surface area contributed by atoms with Gasteiger partial charge in [0, 0.05) is 106 Å². The van der Waals surface area contributed by atoms with E-state index in [1.165, 1.54) is 18.7 Å². The van der Waals surface area contributed by atoms with Crippen LogP contribution < -0.4 is 9.80 Å². The van der Waals surface area contributed by atoms with Crippen LogP contribution in [0.1, 0.15) is 25.1 Å². The average molecular weight is 524 g/mol. The first-order valence-electron chi connectivity index (χ1n) is 14.7. The number of aryl methyl sites for hydroxylation is 1. The predicted molar refractivity (Wildman–Crippen MR) is 155 cm³/mol. The Morgan fingerprint density at radius 3 is 2.67 bits per heavy atom. The standard InChI is InChI=1S/C31H38N8/c1-22-14-37(28-8-6-24(13-32)30-27(28)5-4-10-33-30)17-26-16-36(11-12-39(22)26)15-25-7-9-29(34-23(25)2)38-20-31(21-38)18-35(3)19-31/h4-10,22,26H,11-12,14-21H2,1-3H3/t22-,26+/m1/s1/i10D. The summed E-state index contributed by atoms with van der Waals surface area (Å²) in [7, 11) is 2.21. The molecule has 0 saturated carbocycles. The van der Waals surface area contributed by atoms with Crippen molar-refractivity contribution in [2.24, 2.45) is 5.41 Å². The zero-order chi connectivity index (χ0) is 27.6. The van der Waals surface area contributed by atoms with Gasteiger partial charge in [-0.05, 0) is 56.8 Å². The van der Waals surface area contributed by atoms with Gasteiger partial charge < -0.3 is 14.7 Å². The van der Waals surface area contributed by atoms with Crippen LogP contribution in [-0.4, -0.2) is 103 Å². The molecule has 6 heterocycles. The normalized spacial score (nSPS) is 25.6. The summed E-state index contributed by atoms with van der Waals surface area (Å²) < 4.78 is 7.97. The lowest BCUT2D eigenvalue weighted by Gasteiger charge is -2.60. The summed E-state index contributed by atoms with van der Waals surface area (Å²) in [4.78, 5) is 22.0. The summed E-state index contributed by atoms with van der Waals surface area (Å²) in [6.45, 7) is 15.2. The minimum Gasteiger partial charge on any atom is -0.368 e. The summed E-state index contributed by atoms with van der Waals surface area (Å²) in [5.74, 6) is 1.13. The van der Waals surface area contributed by atoms with Gasteiger partial charge in [-0.25, -0.2) is 4.98 Å². The van der Waals surface area contributed by atoms with Crippen LogP contribution in [0.2, 0.25) is 0 Å². The first-order valence-corrected chi connectivity index (χ1v) is 14.2. The predicted octanol–water partition coefficient (Wildman–Crippen LogP) is 2.96. The summed E-state index contributed by atoms with van der Waals surface area (Å²) in [6.07, 6.45) is 0.195. The third-order valence-electron chi connectivity index (χ3n) is 9.41.